The summed E-state index contributed by atoms with van der Waals surface area (Å²) in [6.07, 6.45) is 6.74. The van der Waals surface area contributed by atoms with Gasteiger partial charge in [-0.05, 0) is 116 Å². The van der Waals surface area contributed by atoms with E-state index >= 15 is 0 Å². The summed E-state index contributed by atoms with van der Waals surface area (Å²) >= 11 is 1.90. The van der Waals surface area contributed by atoms with Crippen LogP contribution in [0.1, 0.15) is 68.4 Å². The summed E-state index contributed by atoms with van der Waals surface area (Å²) in [7, 11) is 0. The Morgan fingerprint density at radius 1 is 0.452 bits per heavy atom. The maximum Gasteiger partial charge on any atom is 0.0540 e. The molecule has 0 saturated carbocycles. The van der Waals surface area contributed by atoms with Crippen LogP contribution in [0.25, 0.3) is 70.3 Å². The zero-order chi connectivity index (χ0) is 41.7. The monoisotopic (exact) mass is 813 g/mol. The van der Waals surface area contributed by atoms with Gasteiger partial charge in [-0.1, -0.05) is 179 Å². The highest BCUT2D eigenvalue weighted by Crippen LogP contribution is 2.55. The van der Waals surface area contributed by atoms with Crippen LogP contribution in [0.15, 0.2) is 194 Å². The normalized spacial score (nSPS) is 15.4. The molecule has 12 rings (SSSR count). The predicted molar refractivity (Wildman–Crippen MR) is 266 cm³/mol. The van der Waals surface area contributed by atoms with E-state index < -0.39 is 0 Å². The number of rotatable bonds is 6. The highest BCUT2D eigenvalue weighted by molar-refractivity contribution is 7.25. The summed E-state index contributed by atoms with van der Waals surface area (Å²) < 4.78 is 2.67. The van der Waals surface area contributed by atoms with Gasteiger partial charge in [0, 0.05) is 47.8 Å². The maximum absolute atomic E-state index is 2.61. The second-order valence-corrected chi connectivity index (χ2v) is 19.4. The van der Waals surface area contributed by atoms with Crippen LogP contribution in [0.5, 0.6) is 0 Å². The van der Waals surface area contributed by atoms with E-state index in [-0.39, 0.29) is 10.8 Å². The molecule has 1 nitrogen and oxygen atoms in total. The molecule has 3 aliphatic rings. The Bertz CT molecular complexity index is 3370. The smallest absolute Gasteiger partial charge is 0.0540 e. The van der Waals surface area contributed by atoms with Crippen LogP contribution in [-0.2, 0) is 10.8 Å². The molecule has 2 heteroatoms. The predicted octanol–water partition coefficient (Wildman–Crippen LogP) is 16.9. The van der Waals surface area contributed by atoms with Crippen LogP contribution < -0.4 is 4.90 Å². The molecule has 1 aromatic heterocycles. The van der Waals surface area contributed by atoms with E-state index in [1.165, 1.54) is 115 Å². The molecule has 3 aliphatic carbocycles. The lowest BCUT2D eigenvalue weighted by molar-refractivity contribution is 0.660. The number of para-hydroxylation sites is 2. The van der Waals surface area contributed by atoms with E-state index in [0.29, 0.717) is 0 Å². The fourth-order valence-corrected chi connectivity index (χ4v) is 12.3. The summed E-state index contributed by atoms with van der Waals surface area (Å²) in [6, 6.07) is 66.3. The molecule has 1 heterocycles. The number of thiophene rings is 1. The first-order chi connectivity index (χ1) is 30.3. The van der Waals surface area contributed by atoms with Crippen molar-refractivity contribution in [2.24, 2.45) is 0 Å². The van der Waals surface area contributed by atoms with Crippen LogP contribution in [-0.4, -0.2) is 0 Å². The molecule has 0 N–H and O–H groups in total. The van der Waals surface area contributed by atoms with E-state index in [0.717, 1.165) is 12.8 Å². The van der Waals surface area contributed by atoms with Gasteiger partial charge in [0.15, 0.2) is 0 Å². The van der Waals surface area contributed by atoms with Crippen molar-refractivity contribution in [3.05, 3.63) is 222 Å². The quantitative estimate of drug-likeness (QED) is 0.162. The van der Waals surface area contributed by atoms with Gasteiger partial charge in [0.1, 0.15) is 0 Å². The van der Waals surface area contributed by atoms with Crippen molar-refractivity contribution in [3.8, 4) is 44.5 Å². The average molecular weight is 814 g/mol. The van der Waals surface area contributed by atoms with Crippen molar-refractivity contribution >= 4 is 48.5 Å². The summed E-state index contributed by atoms with van der Waals surface area (Å²) in [6.45, 7) is 9.52. The van der Waals surface area contributed by atoms with Crippen LogP contribution >= 0.6 is 11.3 Å². The second-order valence-electron chi connectivity index (χ2n) is 18.3. The Morgan fingerprint density at radius 2 is 1.02 bits per heavy atom. The van der Waals surface area contributed by atoms with Gasteiger partial charge in [0.2, 0.25) is 0 Å². The number of nitrogens with zero attached hydrogens (tertiary/aromatic N) is 1. The largest absolute Gasteiger partial charge is 0.309 e. The molecule has 0 radical (unpaired) electrons. The van der Waals surface area contributed by atoms with Crippen LogP contribution in [0.2, 0.25) is 0 Å². The number of hydrogen-bond acceptors (Lipinski definition) is 2. The lowest BCUT2D eigenvalue weighted by Gasteiger charge is -2.34. The summed E-state index contributed by atoms with van der Waals surface area (Å²) in [5, 5.41) is 2.69. The molecule has 0 unspecified atom stereocenters. The summed E-state index contributed by atoms with van der Waals surface area (Å²) in [5.41, 5.74) is 21.9. The van der Waals surface area contributed by atoms with Gasteiger partial charge >= 0.3 is 0 Å². The first kappa shape index (κ1) is 37.1. The Hall–Kier alpha value is -6.74. The van der Waals surface area contributed by atoms with Crippen molar-refractivity contribution in [1.82, 2.24) is 0 Å². The third-order valence-electron chi connectivity index (χ3n) is 14.2. The van der Waals surface area contributed by atoms with Gasteiger partial charge in [-0.15, -0.1) is 11.3 Å². The Labute approximate surface area is 369 Å². The molecule has 0 fully saturated rings. The molecule has 0 bridgehead atoms. The second kappa shape index (κ2) is 13.9. The van der Waals surface area contributed by atoms with E-state index in [1.54, 1.807) is 0 Å². The fourth-order valence-electron chi connectivity index (χ4n) is 11.2. The van der Waals surface area contributed by atoms with Crippen molar-refractivity contribution in [1.29, 1.82) is 0 Å². The Kier molecular flexibility index (Phi) is 8.30. The number of fused-ring (bicyclic) bond motifs is 9. The van der Waals surface area contributed by atoms with Crippen LogP contribution in [0, 0.1) is 0 Å². The molecular weight excluding hydrogens is 767 g/mol. The van der Waals surface area contributed by atoms with E-state index in [4.69, 9.17) is 0 Å². The topological polar surface area (TPSA) is 3.24 Å². The number of anilines is 2. The van der Waals surface area contributed by atoms with Crippen molar-refractivity contribution in [2.45, 2.75) is 51.4 Å². The molecule has 62 heavy (non-hydrogen) atoms. The van der Waals surface area contributed by atoms with Gasteiger partial charge in [-0.25, -0.2) is 0 Å². The van der Waals surface area contributed by atoms with E-state index in [1.807, 2.05) is 11.3 Å². The minimum Gasteiger partial charge on any atom is -0.309 e. The molecule has 0 atom stereocenters. The number of benzene rings is 8. The van der Waals surface area contributed by atoms with Gasteiger partial charge in [-0.3, -0.25) is 0 Å². The molecule has 0 saturated heterocycles. The SMILES string of the molecule is CC1(C)c2ccccc2-c2ccc(-c3ccccc3N(C3=C(c4cccc5sc6ccccc6c45)CCC=C3)c3ccccc3-c3cccc4c3-c3ccccc3C4(C)C)cc21. The zero-order valence-corrected chi connectivity index (χ0v) is 36.5. The molecule has 0 amide bonds. The average Bonchev–Trinajstić information content (AvgIpc) is 3.89. The summed E-state index contributed by atoms with van der Waals surface area (Å²) in [4.78, 5) is 2.61. The lowest BCUT2D eigenvalue weighted by Crippen LogP contribution is -2.20. The van der Waals surface area contributed by atoms with Crippen molar-refractivity contribution in [2.75, 3.05) is 4.90 Å². The highest BCUT2D eigenvalue weighted by Gasteiger charge is 2.38. The standard InChI is InChI=1S/C60H47NS/c1-59(2)49-28-12-6-23-46(49)57-44(25-17-29-50(57)59)42-21-8-14-31-53(42)61(54-32-15-9-22-43(54)45-26-18-34-56-58(45)47-24-10-16-33-55(47)62-56)52-30-13-7-19-39(52)38-35-36-41-40-20-5-11-27-48(40)60(3,4)51(41)37-38/h5-8,10-21,23-37H,9,22H2,1-4H3. The van der Waals surface area contributed by atoms with Crippen LogP contribution in [0.4, 0.5) is 11.4 Å². The van der Waals surface area contributed by atoms with Crippen LogP contribution in [0.3, 0.4) is 0 Å². The number of hydrogen-bond donors (Lipinski definition) is 0. The van der Waals surface area contributed by atoms with Crippen molar-refractivity contribution < 1.29 is 0 Å². The van der Waals surface area contributed by atoms with Gasteiger partial charge in [-0.2, -0.15) is 0 Å². The number of allylic oxidation sites excluding steroid dienone is 3. The molecular formula is C60H47NS. The highest BCUT2D eigenvalue weighted by atomic mass is 32.1. The van der Waals surface area contributed by atoms with E-state index in [2.05, 4.69) is 221 Å². The lowest BCUT2D eigenvalue weighted by atomic mass is 9.81. The molecule has 9 aromatic rings. The Morgan fingerprint density at radius 3 is 1.84 bits per heavy atom. The first-order valence-corrected chi connectivity index (χ1v) is 22.9. The van der Waals surface area contributed by atoms with Crippen molar-refractivity contribution in [3.63, 3.8) is 0 Å². The van der Waals surface area contributed by atoms with E-state index in [9.17, 15) is 0 Å². The maximum atomic E-state index is 2.61. The molecule has 0 aliphatic heterocycles. The zero-order valence-electron chi connectivity index (χ0n) is 35.7. The minimum atomic E-state index is -0.106. The molecule has 298 valence electrons. The first-order valence-electron chi connectivity index (χ1n) is 22.1. The fraction of sp³-hybridized carbons (Fsp3) is 0.133. The van der Waals surface area contributed by atoms with Gasteiger partial charge < -0.3 is 4.90 Å². The third kappa shape index (κ3) is 5.39. The minimum absolute atomic E-state index is 0.103. The van der Waals surface area contributed by atoms with Gasteiger partial charge in [0.05, 0.1) is 11.4 Å². The summed E-state index contributed by atoms with van der Waals surface area (Å²) in [5.74, 6) is 0. The molecule has 8 aromatic carbocycles. The van der Waals surface area contributed by atoms with Gasteiger partial charge in [0.25, 0.3) is 0 Å². The molecule has 0 spiro atoms. The Balaban J connectivity index is 1.14. The third-order valence-corrected chi connectivity index (χ3v) is 15.3.